The van der Waals surface area contributed by atoms with Crippen LogP contribution in [0.1, 0.15) is 41.6 Å². The van der Waals surface area contributed by atoms with Gasteiger partial charge in [0, 0.05) is 29.7 Å². The second kappa shape index (κ2) is 9.30. The van der Waals surface area contributed by atoms with Gasteiger partial charge in [-0.2, -0.15) is 0 Å². The van der Waals surface area contributed by atoms with Crippen molar-refractivity contribution in [1.82, 2.24) is 9.88 Å². The number of carbonyl (C=O) groups excluding carboxylic acids is 1. The summed E-state index contributed by atoms with van der Waals surface area (Å²) in [5.41, 5.74) is 2.75. The van der Waals surface area contributed by atoms with E-state index in [1.807, 2.05) is 18.2 Å². The van der Waals surface area contributed by atoms with Gasteiger partial charge in [-0.3, -0.25) is 9.78 Å². The number of amides is 1. The lowest BCUT2D eigenvalue weighted by Crippen LogP contribution is -2.36. The summed E-state index contributed by atoms with van der Waals surface area (Å²) in [6.45, 7) is 1.20. The third kappa shape index (κ3) is 5.11. The van der Waals surface area contributed by atoms with Gasteiger partial charge in [0.05, 0.1) is 0 Å². The zero-order valence-corrected chi connectivity index (χ0v) is 14.7. The number of hydrogen-bond donors (Lipinski definition) is 1. The molecule has 1 saturated heterocycles. The van der Waals surface area contributed by atoms with Crippen molar-refractivity contribution >= 4 is 11.6 Å². The molecular weight excluding hydrogens is 314 g/mol. The number of para-hydroxylation sites is 1. The van der Waals surface area contributed by atoms with E-state index in [1.54, 1.807) is 24.5 Å². The van der Waals surface area contributed by atoms with Crippen LogP contribution in [0.15, 0.2) is 48.8 Å². The Morgan fingerprint density at radius 3 is 2.72 bits per heavy atom. The smallest absolute Gasteiger partial charge is 0.255 e. The topological polar surface area (TPSA) is 76.7 Å². The Bertz CT molecular complexity index is 676. The van der Waals surface area contributed by atoms with Gasteiger partial charge in [0.1, 0.15) is 0 Å². The summed E-state index contributed by atoms with van der Waals surface area (Å²) in [6.07, 6.45) is 9.32. The van der Waals surface area contributed by atoms with Gasteiger partial charge in [-0.15, -0.1) is 0 Å². The Labute approximate surface area is 149 Å². The summed E-state index contributed by atoms with van der Waals surface area (Å²) in [4.78, 5) is 18.8. The first-order chi connectivity index (χ1) is 11.7. The lowest BCUT2D eigenvalue weighted by molar-refractivity contribution is 0.102. The molecule has 5 nitrogen and oxygen atoms in total. The number of benzene rings is 1. The van der Waals surface area contributed by atoms with Crippen molar-refractivity contribution in [3.8, 4) is 0 Å². The monoisotopic (exact) mass is 341 g/mol. The molecule has 3 N–H and O–H groups in total. The average molecular weight is 341 g/mol. The van der Waals surface area contributed by atoms with Crippen LogP contribution in [0.4, 0.5) is 5.69 Å². The van der Waals surface area contributed by atoms with Gasteiger partial charge in [0.2, 0.25) is 0 Å². The molecule has 0 aliphatic carbocycles. The van der Waals surface area contributed by atoms with E-state index in [2.05, 4.69) is 28.3 Å². The molecule has 2 aromatic rings. The van der Waals surface area contributed by atoms with Gasteiger partial charge in [-0.1, -0.05) is 24.6 Å². The highest BCUT2D eigenvalue weighted by atomic mass is 16.1. The van der Waals surface area contributed by atoms with Crippen molar-refractivity contribution in [2.45, 2.75) is 38.1 Å². The number of aryl methyl sites for hydroxylation is 1. The van der Waals surface area contributed by atoms with Gasteiger partial charge in [0.15, 0.2) is 0 Å². The molecule has 0 spiro atoms. The normalized spacial score (nSPS) is 17.6. The number of nitrogens with one attached hydrogen (secondary N) is 1. The second-order valence-electron chi connectivity index (χ2n) is 6.52. The molecule has 1 aliphatic rings. The molecule has 1 fully saturated rings. The fourth-order valence-corrected chi connectivity index (χ4v) is 3.39. The molecule has 1 aromatic carbocycles. The van der Waals surface area contributed by atoms with E-state index in [0.717, 1.165) is 18.5 Å². The molecule has 2 heterocycles. The van der Waals surface area contributed by atoms with Crippen LogP contribution in [-0.2, 0) is 6.42 Å². The molecule has 5 heteroatoms. The first-order valence-electron chi connectivity index (χ1n) is 8.73. The number of carbonyl (C=O) groups is 1. The number of aromatic nitrogens is 1. The predicted octanol–water partition coefficient (Wildman–Crippen LogP) is 2.93. The van der Waals surface area contributed by atoms with Crippen LogP contribution in [-0.4, -0.2) is 40.9 Å². The Morgan fingerprint density at radius 2 is 1.96 bits per heavy atom. The van der Waals surface area contributed by atoms with Crippen molar-refractivity contribution in [2.75, 3.05) is 18.9 Å². The lowest BCUT2D eigenvalue weighted by atomic mass is 9.96. The first-order valence-corrected chi connectivity index (χ1v) is 8.73. The number of likely N-dealkylation sites (tertiary alicyclic amines) is 1. The molecule has 25 heavy (non-hydrogen) atoms. The number of rotatable bonds is 5. The van der Waals surface area contributed by atoms with Gasteiger partial charge < -0.3 is 15.7 Å². The third-order valence-electron chi connectivity index (χ3n) is 4.88. The van der Waals surface area contributed by atoms with Crippen molar-refractivity contribution in [2.24, 2.45) is 0 Å². The number of nitrogens with zero attached hydrogens (tertiary/aromatic N) is 2. The van der Waals surface area contributed by atoms with E-state index < -0.39 is 0 Å². The minimum Gasteiger partial charge on any atom is -0.412 e. The highest BCUT2D eigenvalue weighted by Crippen LogP contribution is 2.23. The zero-order valence-electron chi connectivity index (χ0n) is 14.7. The summed E-state index contributed by atoms with van der Waals surface area (Å²) >= 11 is 0. The van der Waals surface area contributed by atoms with Crippen LogP contribution in [0.25, 0.3) is 0 Å². The molecule has 0 bridgehead atoms. The maximum atomic E-state index is 12.4. The molecule has 0 radical (unpaired) electrons. The summed E-state index contributed by atoms with van der Waals surface area (Å²) in [5.74, 6) is -0.0837. The van der Waals surface area contributed by atoms with Crippen LogP contribution >= 0.6 is 0 Å². The fraction of sp³-hybridized carbons (Fsp3) is 0.400. The van der Waals surface area contributed by atoms with Crippen LogP contribution in [0.5, 0.6) is 0 Å². The zero-order chi connectivity index (χ0) is 16.8. The lowest BCUT2D eigenvalue weighted by Gasteiger charge is -2.32. The van der Waals surface area contributed by atoms with Gasteiger partial charge in [-0.25, -0.2) is 0 Å². The van der Waals surface area contributed by atoms with Crippen molar-refractivity contribution in [3.63, 3.8) is 0 Å². The Balaban J connectivity index is 0.00000225. The summed E-state index contributed by atoms with van der Waals surface area (Å²) in [7, 11) is 2.22. The number of hydrogen-bond acceptors (Lipinski definition) is 3. The van der Waals surface area contributed by atoms with Crippen LogP contribution in [0, 0.1) is 0 Å². The molecule has 1 atom stereocenters. The van der Waals surface area contributed by atoms with Crippen LogP contribution in [0.2, 0.25) is 0 Å². The Kier molecular flexibility index (Phi) is 7.10. The minimum atomic E-state index is -0.0837. The number of anilines is 1. The highest BCUT2D eigenvalue weighted by molar-refractivity contribution is 6.04. The first kappa shape index (κ1) is 19.1. The Morgan fingerprint density at radius 1 is 1.20 bits per heavy atom. The predicted molar refractivity (Wildman–Crippen MR) is 101 cm³/mol. The molecule has 0 saturated carbocycles. The average Bonchev–Trinajstić information content (AvgIpc) is 2.63. The maximum Gasteiger partial charge on any atom is 0.255 e. The van der Waals surface area contributed by atoms with Crippen molar-refractivity contribution < 1.29 is 10.3 Å². The van der Waals surface area contributed by atoms with E-state index in [9.17, 15) is 4.79 Å². The van der Waals surface area contributed by atoms with E-state index in [0.29, 0.717) is 11.6 Å². The van der Waals surface area contributed by atoms with Crippen molar-refractivity contribution in [1.29, 1.82) is 0 Å². The Hall–Kier alpha value is -2.24. The number of piperidine rings is 1. The van der Waals surface area contributed by atoms with Gasteiger partial charge in [-0.05, 0) is 63.0 Å². The van der Waals surface area contributed by atoms with E-state index in [-0.39, 0.29) is 11.4 Å². The molecule has 1 unspecified atom stereocenters. The van der Waals surface area contributed by atoms with E-state index >= 15 is 0 Å². The summed E-state index contributed by atoms with van der Waals surface area (Å²) in [6, 6.07) is 12.2. The number of pyridine rings is 1. The molecule has 1 aliphatic heterocycles. The minimum absolute atomic E-state index is 0. The highest BCUT2D eigenvalue weighted by Gasteiger charge is 2.19. The molecular formula is C20H27N3O2. The standard InChI is InChI=1S/C20H25N3O.H2O/c1-23-15-5-4-7-18(23)10-9-16-6-2-3-8-19(16)22-20(24)17-11-13-21-14-12-17;/h2-3,6,8,11-14,18H,4-5,7,9-10,15H2,1H3,(H,22,24);1H2. The quantitative estimate of drug-likeness (QED) is 0.908. The summed E-state index contributed by atoms with van der Waals surface area (Å²) in [5, 5.41) is 3.05. The third-order valence-corrected chi connectivity index (χ3v) is 4.88. The van der Waals surface area contributed by atoms with Gasteiger partial charge in [0.25, 0.3) is 5.91 Å². The van der Waals surface area contributed by atoms with Gasteiger partial charge >= 0.3 is 0 Å². The molecule has 1 amide bonds. The molecule has 3 rings (SSSR count). The second-order valence-corrected chi connectivity index (χ2v) is 6.52. The van der Waals surface area contributed by atoms with Crippen molar-refractivity contribution in [3.05, 3.63) is 59.9 Å². The van der Waals surface area contributed by atoms with Crippen LogP contribution < -0.4 is 5.32 Å². The van der Waals surface area contributed by atoms with E-state index in [1.165, 1.54) is 31.4 Å². The maximum absolute atomic E-state index is 12.4. The van der Waals surface area contributed by atoms with Crippen LogP contribution in [0.3, 0.4) is 0 Å². The molecule has 1 aromatic heterocycles. The fourth-order valence-electron chi connectivity index (χ4n) is 3.39. The molecule has 134 valence electrons. The SMILES string of the molecule is CN1CCCCC1CCc1ccccc1NC(=O)c1ccncc1.O. The largest absolute Gasteiger partial charge is 0.412 e. The van der Waals surface area contributed by atoms with E-state index in [4.69, 9.17) is 0 Å². The summed E-state index contributed by atoms with van der Waals surface area (Å²) < 4.78 is 0.